The molecule has 0 fully saturated rings. The highest BCUT2D eigenvalue weighted by atomic mass is 15.4. The molecule has 124 valence electrons. The molecule has 2 aromatic carbocycles. The Balaban J connectivity index is 1.73. The number of aromatic nitrogens is 2. The van der Waals surface area contributed by atoms with Crippen LogP contribution in [-0.2, 0) is 0 Å². The Hall–Kier alpha value is -3.21. The zero-order valence-corrected chi connectivity index (χ0v) is 14.5. The predicted octanol–water partition coefficient (Wildman–Crippen LogP) is 4.54. The smallest absolute Gasteiger partial charge is 0.199 e. The van der Waals surface area contributed by atoms with Crippen LogP contribution in [0, 0.1) is 20.8 Å². The van der Waals surface area contributed by atoms with E-state index in [9.17, 15) is 0 Å². The second-order valence-electron chi connectivity index (χ2n) is 6.28. The summed E-state index contributed by atoms with van der Waals surface area (Å²) < 4.78 is 1.78. The van der Waals surface area contributed by atoms with Crippen molar-refractivity contribution in [2.24, 2.45) is 9.98 Å². The minimum Gasteiger partial charge on any atom is -0.337 e. The number of aryl methyl sites for hydroxylation is 3. The summed E-state index contributed by atoms with van der Waals surface area (Å²) in [7, 11) is 0. The molecule has 0 spiro atoms. The van der Waals surface area contributed by atoms with Crippen LogP contribution in [0.1, 0.15) is 16.8 Å². The van der Waals surface area contributed by atoms with E-state index in [1.54, 1.807) is 4.68 Å². The van der Waals surface area contributed by atoms with Crippen LogP contribution in [0.25, 0.3) is 0 Å². The highest BCUT2D eigenvalue weighted by Crippen LogP contribution is 2.24. The number of nitrogens with zero attached hydrogens (tertiary/aromatic N) is 4. The lowest BCUT2D eigenvalue weighted by atomic mass is 10.2. The minimum atomic E-state index is 0.701. The normalized spacial score (nSPS) is 14.5. The van der Waals surface area contributed by atoms with Crippen molar-refractivity contribution in [3.8, 4) is 0 Å². The number of anilines is 1. The summed E-state index contributed by atoms with van der Waals surface area (Å²) in [6.45, 7) is 6.09. The van der Waals surface area contributed by atoms with Crippen molar-refractivity contribution in [3.63, 3.8) is 0 Å². The number of hydrogen-bond acceptors (Lipinski definition) is 4. The highest BCUT2D eigenvalue weighted by molar-refractivity contribution is 6.48. The van der Waals surface area contributed by atoms with E-state index in [-0.39, 0.29) is 0 Å². The van der Waals surface area contributed by atoms with Crippen molar-refractivity contribution in [2.75, 3.05) is 5.32 Å². The third-order valence-corrected chi connectivity index (χ3v) is 4.03. The molecule has 0 unspecified atom stereocenters. The summed E-state index contributed by atoms with van der Waals surface area (Å²) in [6, 6.07) is 18.3. The Morgan fingerprint density at radius 2 is 1.52 bits per heavy atom. The molecule has 0 amide bonds. The molecule has 5 heteroatoms. The largest absolute Gasteiger partial charge is 0.337 e. The van der Waals surface area contributed by atoms with Crippen molar-refractivity contribution >= 4 is 28.9 Å². The van der Waals surface area contributed by atoms with Gasteiger partial charge in [-0.15, -0.1) is 0 Å². The number of benzene rings is 2. The number of aliphatic imine (C=N–C) groups is 2. The first-order valence-electron chi connectivity index (χ1n) is 8.24. The molecule has 1 aliphatic heterocycles. The highest BCUT2D eigenvalue weighted by Gasteiger charge is 2.24. The fourth-order valence-electron chi connectivity index (χ4n) is 2.69. The Bertz CT molecular complexity index is 976. The Morgan fingerprint density at radius 3 is 2.20 bits per heavy atom. The molecule has 4 rings (SSSR count). The third kappa shape index (κ3) is 3.08. The lowest BCUT2D eigenvalue weighted by Gasteiger charge is -2.08. The van der Waals surface area contributed by atoms with Gasteiger partial charge in [-0.25, -0.2) is 9.98 Å². The van der Waals surface area contributed by atoms with Gasteiger partial charge in [0.05, 0.1) is 11.4 Å². The van der Waals surface area contributed by atoms with Gasteiger partial charge in [0, 0.05) is 11.8 Å². The molecule has 0 saturated carbocycles. The SMILES string of the molecule is Cc1ccc(N=C2C(Nc3ccc(C)cc3)=Nc3cc(C)nn32)cc1. The quantitative estimate of drug-likeness (QED) is 0.750. The summed E-state index contributed by atoms with van der Waals surface area (Å²) in [4.78, 5) is 9.43. The van der Waals surface area contributed by atoms with E-state index in [2.05, 4.69) is 41.4 Å². The molecule has 1 N–H and O–H groups in total. The summed E-state index contributed by atoms with van der Waals surface area (Å²) in [6.07, 6.45) is 0. The molecular weight excluding hydrogens is 310 g/mol. The predicted molar refractivity (Wildman–Crippen MR) is 103 cm³/mol. The van der Waals surface area contributed by atoms with E-state index in [1.807, 2.05) is 49.4 Å². The molecule has 5 nitrogen and oxygen atoms in total. The molecule has 25 heavy (non-hydrogen) atoms. The van der Waals surface area contributed by atoms with Gasteiger partial charge >= 0.3 is 0 Å². The first kappa shape index (κ1) is 15.3. The van der Waals surface area contributed by atoms with Crippen LogP contribution in [0.5, 0.6) is 0 Å². The lowest BCUT2D eigenvalue weighted by Crippen LogP contribution is -2.25. The molecule has 2 heterocycles. The molecule has 0 saturated heterocycles. The molecule has 0 atom stereocenters. The molecule has 0 bridgehead atoms. The maximum absolute atomic E-state index is 4.77. The van der Waals surface area contributed by atoms with Crippen LogP contribution >= 0.6 is 0 Å². The van der Waals surface area contributed by atoms with E-state index in [0.717, 1.165) is 22.9 Å². The summed E-state index contributed by atoms with van der Waals surface area (Å²) in [5.74, 6) is 2.19. The van der Waals surface area contributed by atoms with E-state index in [0.29, 0.717) is 11.7 Å². The standard InChI is InChI=1S/C20H19N5/c1-13-4-8-16(9-5-13)21-19-20(22-17-10-6-14(2)7-11-17)25-18(23-19)12-15(3)24-25/h4-12H,1-3H3,(H,21,23). The summed E-state index contributed by atoms with van der Waals surface area (Å²) >= 11 is 0. The maximum atomic E-state index is 4.77. The summed E-state index contributed by atoms with van der Waals surface area (Å²) in [5.41, 5.74) is 5.20. The topological polar surface area (TPSA) is 54.6 Å². The molecular formula is C20H19N5. The molecule has 1 aliphatic rings. The van der Waals surface area contributed by atoms with Gasteiger partial charge in [0.2, 0.25) is 0 Å². The van der Waals surface area contributed by atoms with Gasteiger partial charge in [0.1, 0.15) is 0 Å². The Kier molecular flexibility index (Phi) is 3.69. The molecule has 3 aromatic rings. The van der Waals surface area contributed by atoms with Crippen LogP contribution in [-0.4, -0.2) is 21.5 Å². The molecule has 0 radical (unpaired) electrons. The monoisotopic (exact) mass is 329 g/mol. The Morgan fingerprint density at radius 1 is 0.880 bits per heavy atom. The lowest BCUT2D eigenvalue weighted by molar-refractivity contribution is 0.931. The average molecular weight is 329 g/mol. The average Bonchev–Trinajstić information content (AvgIpc) is 3.09. The Labute approximate surface area is 146 Å². The second kappa shape index (κ2) is 6.02. The van der Waals surface area contributed by atoms with Gasteiger partial charge in [0.25, 0.3) is 0 Å². The number of nitrogens with one attached hydrogen (secondary N) is 1. The number of fused-ring (bicyclic) bond motifs is 1. The maximum Gasteiger partial charge on any atom is 0.199 e. The fourth-order valence-corrected chi connectivity index (χ4v) is 2.69. The van der Waals surface area contributed by atoms with Gasteiger partial charge in [-0.2, -0.15) is 9.78 Å². The van der Waals surface area contributed by atoms with Crippen molar-refractivity contribution in [3.05, 3.63) is 71.4 Å². The van der Waals surface area contributed by atoms with Gasteiger partial charge in [0.15, 0.2) is 17.5 Å². The van der Waals surface area contributed by atoms with Crippen LogP contribution in [0.2, 0.25) is 0 Å². The zero-order chi connectivity index (χ0) is 17.4. The first-order chi connectivity index (χ1) is 12.1. The van der Waals surface area contributed by atoms with Gasteiger partial charge < -0.3 is 5.32 Å². The van der Waals surface area contributed by atoms with Crippen molar-refractivity contribution < 1.29 is 0 Å². The van der Waals surface area contributed by atoms with Crippen LogP contribution in [0.3, 0.4) is 0 Å². The molecule has 1 aromatic heterocycles. The van der Waals surface area contributed by atoms with Crippen molar-refractivity contribution in [1.29, 1.82) is 0 Å². The van der Waals surface area contributed by atoms with E-state index < -0.39 is 0 Å². The fraction of sp³-hybridized carbons (Fsp3) is 0.150. The van der Waals surface area contributed by atoms with Gasteiger partial charge in [-0.3, -0.25) is 0 Å². The van der Waals surface area contributed by atoms with E-state index in [1.165, 1.54) is 11.1 Å². The minimum absolute atomic E-state index is 0.701. The van der Waals surface area contributed by atoms with Crippen molar-refractivity contribution in [2.45, 2.75) is 20.8 Å². The van der Waals surface area contributed by atoms with E-state index >= 15 is 0 Å². The number of rotatable bonds is 2. The molecule has 0 aliphatic carbocycles. The van der Waals surface area contributed by atoms with Gasteiger partial charge in [-0.05, 0) is 45.0 Å². The van der Waals surface area contributed by atoms with Gasteiger partial charge in [-0.1, -0.05) is 35.4 Å². The van der Waals surface area contributed by atoms with Crippen LogP contribution in [0.15, 0.2) is 64.6 Å². The van der Waals surface area contributed by atoms with Crippen molar-refractivity contribution in [1.82, 2.24) is 9.78 Å². The third-order valence-electron chi connectivity index (χ3n) is 4.03. The second-order valence-corrected chi connectivity index (χ2v) is 6.28. The van der Waals surface area contributed by atoms with E-state index in [4.69, 9.17) is 4.99 Å². The van der Waals surface area contributed by atoms with Crippen LogP contribution < -0.4 is 5.32 Å². The van der Waals surface area contributed by atoms with Crippen LogP contribution in [0.4, 0.5) is 17.2 Å². The summed E-state index contributed by atoms with van der Waals surface area (Å²) in [5, 5.41) is 7.88. The number of hydrogen-bond donors (Lipinski definition) is 1. The zero-order valence-electron chi connectivity index (χ0n) is 14.5. The first-order valence-corrected chi connectivity index (χ1v) is 8.24. The number of amidine groups is 1.